The van der Waals surface area contributed by atoms with Gasteiger partial charge in [-0.25, -0.2) is 0 Å². The molecular formula is C20H27N3O4. The van der Waals surface area contributed by atoms with Crippen LogP contribution in [-0.2, 0) is 9.53 Å². The minimum absolute atomic E-state index is 0.0620. The Labute approximate surface area is 159 Å². The van der Waals surface area contributed by atoms with E-state index in [0.29, 0.717) is 17.9 Å². The number of carbonyl (C=O) groups excluding carboxylic acids is 2. The molecule has 0 heterocycles. The third-order valence-corrected chi connectivity index (χ3v) is 4.04. The van der Waals surface area contributed by atoms with Crippen molar-refractivity contribution in [2.75, 3.05) is 26.0 Å². The highest BCUT2D eigenvalue weighted by Gasteiger charge is 2.28. The molecule has 1 aliphatic carbocycles. The van der Waals surface area contributed by atoms with E-state index < -0.39 is 0 Å². The average Bonchev–Trinajstić information content (AvgIpc) is 2.61. The molecule has 0 bridgehead atoms. The molecule has 1 aromatic rings. The summed E-state index contributed by atoms with van der Waals surface area (Å²) in [5, 5.41) is 16.6. The van der Waals surface area contributed by atoms with Crippen LogP contribution in [0.3, 0.4) is 0 Å². The molecule has 27 heavy (non-hydrogen) atoms. The second kappa shape index (κ2) is 8.62. The predicted octanol–water partition coefficient (Wildman–Crippen LogP) is 2.61. The van der Waals surface area contributed by atoms with Gasteiger partial charge in [0.15, 0.2) is 11.5 Å². The van der Waals surface area contributed by atoms with Gasteiger partial charge in [-0.1, -0.05) is 6.07 Å². The van der Waals surface area contributed by atoms with Crippen molar-refractivity contribution in [2.24, 2.45) is 0 Å². The van der Waals surface area contributed by atoms with Crippen LogP contribution < -0.4 is 10.6 Å². The summed E-state index contributed by atoms with van der Waals surface area (Å²) in [5.74, 6) is 0.234. The molecule has 0 saturated carbocycles. The number of rotatable bonds is 8. The number of carbonyl (C=O) groups is 2. The molecule has 0 saturated heterocycles. The van der Waals surface area contributed by atoms with E-state index in [9.17, 15) is 14.7 Å². The van der Waals surface area contributed by atoms with Gasteiger partial charge in [0.05, 0.1) is 30.3 Å². The van der Waals surface area contributed by atoms with Crippen molar-refractivity contribution in [1.29, 1.82) is 0 Å². The van der Waals surface area contributed by atoms with E-state index in [4.69, 9.17) is 4.74 Å². The number of nitrogens with one attached hydrogen (secondary N) is 2. The number of ketones is 1. The van der Waals surface area contributed by atoms with E-state index in [2.05, 4.69) is 10.6 Å². The number of anilines is 1. The van der Waals surface area contributed by atoms with E-state index in [1.807, 2.05) is 26.8 Å². The van der Waals surface area contributed by atoms with Gasteiger partial charge >= 0.3 is 0 Å². The van der Waals surface area contributed by atoms with Gasteiger partial charge in [0.25, 0.3) is 5.91 Å². The average molecular weight is 373 g/mol. The molecule has 1 aromatic carbocycles. The SMILES string of the molecule is C/C=C(/CNC1=C(Nc2cccc(C(=O)N(C)C)c2O)C(=O)C1)OC(C)C. The zero-order valence-electron chi connectivity index (χ0n) is 16.4. The Morgan fingerprint density at radius 2 is 2.07 bits per heavy atom. The largest absolute Gasteiger partial charge is 0.505 e. The fourth-order valence-corrected chi connectivity index (χ4v) is 2.60. The zero-order valence-corrected chi connectivity index (χ0v) is 16.4. The van der Waals surface area contributed by atoms with Gasteiger partial charge in [-0.2, -0.15) is 0 Å². The number of nitrogens with zero attached hydrogens (tertiary/aromatic N) is 1. The molecule has 1 amide bonds. The van der Waals surface area contributed by atoms with Crippen LogP contribution in [0, 0.1) is 0 Å². The molecule has 2 rings (SSSR count). The maximum absolute atomic E-state index is 12.1. The van der Waals surface area contributed by atoms with Crippen molar-refractivity contribution in [3.05, 3.63) is 47.0 Å². The van der Waals surface area contributed by atoms with Gasteiger partial charge in [-0.05, 0) is 39.0 Å². The van der Waals surface area contributed by atoms with Crippen molar-refractivity contribution in [1.82, 2.24) is 10.2 Å². The number of aromatic hydroxyl groups is 1. The number of hydrogen-bond acceptors (Lipinski definition) is 6. The van der Waals surface area contributed by atoms with Gasteiger partial charge in [0.2, 0.25) is 0 Å². The number of phenols is 1. The first-order valence-electron chi connectivity index (χ1n) is 8.87. The Kier molecular flexibility index (Phi) is 6.50. The van der Waals surface area contributed by atoms with Crippen molar-refractivity contribution in [2.45, 2.75) is 33.3 Å². The zero-order chi connectivity index (χ0) is 20.1. The standard InChI is InChI=1S/C20H27N3O4/c1-6-13(27-12(2)3)11-21-16-10-17(24)18(16)22-15-9-7-8-14(19(15)25)20(26)23(4)5/h6-9,12,21-22,25H,10-11H2,1-5H3/b13-6-. The lowest BCUT2D eigenvalue weighted by atomic mass is 9.98. The van der Waals surface area contributed by atoms with Gasteiger partial charge in [0.1, 0.15) is 11.5 Å². The fraction of sp³-hybridized carbons (Fsp3) is 0.400. The highest BCUT2D eigenvalue weighted by molar-refractivity contribution is 6.07. The number of ether oxygens (including phenoxy) is 1. The van der Waals surface area contributed by atoms with Gasteiger partial charge in [-0.15, -0.1) is 0 Å². The third kappa shape index (κ3) is 4.81. The summed E-state index contributed by atoms with van der Waals surface area (Å²) < 4.78 is 5.67. The number of allylic oxidation sites excluding steroid dienone is 3. The van der Waals surface area contributed by atoms with E-state index in [1.54, 1.807) is 32.3 Å². The Morgan fingerprint density at radius 3 is 2.63 bits per heavy atom. The molecule has 146 valence electrons. The van der Waals surface area contributed by atoms with Gasteiger partial charge in [0, 0.05) is 19.8 Å². The molecule has 0 aliphatic heterocycles. The van der Waals surface area contributed by atoms with E-state index in [-0.39, 0.29) is 35.5 Å². The van der Waals surface area contributed by atoms with Crippen LogP contribution in [0.5, 0.6) is 5.75 Å². The van der Waals surface area contributed by atoms with Crippen LogP contribution in [0.15, 0.2) is 41.4 Å². The first-order valence-corrected chi connectivity index (χ1v) is 8.87. The lowest BCUT2D eigenvalue weighted by Crippen LogP contribution is -2.34. The van der Waals surface area contributed by atoms with Crippen LogP contribution >= 0.6 is 0 Å². The predicted molar refractivity (Wildman–Crippen MR) is 104 cm³/mol. The maximum atomic E-state index is 12.1. The number of hydrogen-bond donors (Lipinski definition) is 3. The number of para-hydroxylation sites is 1. The quantitative estimate of drug-likeness (QED) is 0.479. The summed E-state index contributed by atoms with van der Waals surface area (Å²) in [6, 6.07) is 4.82. The fourth-order valence-electron chi connectivity index (χ4n) is 2.60. The Balaban J connectivity index is 2.16. The number of Topliss-reactive ketones (excluding diaryl/α,β-unsaturated/α-hetero) is 1. The van der Waals surface area contributed by atoms with Crippen LogP contribution in [0.25, 0.3) is 0 Å². The van der Waals surface area contributed by atoms with Crippen LogP contribution in [0.2, 0.25) is 0 Å². The second-order valence-corrected chi connectivity index (χ2v) is 6.75. The number of phenolic OH excluding ortho intramolecular Hbond substituents is 1. The lowest BCUT2D eigenvalue weighted by Gasteiger charge is -2.26. The summed E-state index contributed by atoms with van der Waals surface area (Å²) in [5.41, 5.74) is 1.62. The Hall–Kier alpha value is -2.96. The van der Waals surface area contributed by atoms with Gasteiger partial charge < -0.3 is 25.4 Å². The molecule has 0 spiro atoms. The minimum atomic E-state index is -0.313. The summed E-state index contributed by atoms with van der Waals surface area (Å²) in [7, 11) is 3.22. The third-order valence-electron chi connectivity index (χ3n) is 4.04. The van der Waals surface area contributed by atoms with Crippen molar-refractivity contribution in [3.63, 3.8) is 0 Å². The molecule has 7 nitrogen and oxygen atoms in total. The molecule has 1 aliphatic rings. The van der Waals surface area contributed by atoms with Crippen LogP contribution in [0.4, 0.5) is 5.69 Å². The molecule has 0 fully saturated rings. The minimum Gasteiger partial charge on any atom is -0.505 e. The first-order chi connectivity index (χ1) is 12.7. The van der Waals surface area contributed by atoms with Gasteiger partial charge in [-0.3, -0.25) is 9.59 Å². The van der Waals surface area contributed by atoms with Crippen molar-refractivity contribution in [3.8, 4) is 5.75 Å². The molecular weight excluding hydrogens is 346 g/mol. The number of benzene rings is 1. The summed E-state index contributed by atoms with van der Waals surface area (Å²) in [6.45, 7) is 6.26. The Bertz CT molecular complexity index is 794. The van der Waals surface area contributed by atoms with Crippen molar-refractivity contribution >= 4 is 17.4 Å². The smallest absolute Gasteiger partial charge is 0.257 e. The topological polar surface area (TPSA) is 90.9 Å². The molecule has 0 radical (unpaired) electrons. The normalized spacial score (nSPS) is 14.1. The first kappa shape index (κ1) is 20.4. The number of amides is 1. The van der Waals surface area contributed by atoms with Crippen LogP contribution in [-0.4, -0.2) is 48.4 Å². The summed E-state index contributed by atoms with van der Waals surface area (Å²) >= 11 is 0. The molecule has 0 unspecified atom stereocenters. The second-order valence-electron chi connectivity index (χ2n) is 6.75. The summed E-state index contributed by atoms with van der Waals surface area (Å²) in [4.78, 5) is 25.5. The Morgan fingerprint density at radius 1 is 1.37 bits per heavy atom. The highest BCUT2D eigenvalue weighted by Crippen LogP contribution is 2.32. The van der Waals surface area contributed by atoms with E-state index in [1.165, 1.54) is 4.90 Å². The van der Waals surface area contributed by atoms with Crippen molar-refractivity contribution < 1.29 is 19.4 Å². The highest BCUT2D eigenvalue weighted by atomic mass is 16.5. The van der Waals surface area contributed by atoms with E-state index in [0.717, 1.165) is 11.5 Å². The molecule has 0 atom stereocenters. The molecule has 3 N–H and O–H groups in total. The summed E-state index contributed by atoms with van der Waals surface area (Å²) in [6.07, 6.45) is 2.24. The van der Waals surface area contributed by atoms with E-state index >= 15 is 0 Å². The molecule has 7 heteroatoms. The molecule has 0 aromatic heterocycles. The maximum Gasteiger partial charge on any atom is 0.257 e. The lowest BCUT2D eigenvalue weighted by molar-refractivity contribution is -0.116. The van der Waals surface area contributed by atoms with Crippen LogP contribution in [0.1, 0.15) is 37.6 Å². The monoisotopic (exact) mass is 373 g/mol.